The highest BCUT2D eigenvalue weighted by molar-refractivity contribution is 9.10. The number of carbonyl (C=O) groups is 3. The number of thioether (sulfide) groups is 1. The number of rotatable bonds is 5. The van der Waals surface area contributed by atoms with Gasteiger partial charge >= 0.3 is 4.87 Å². The molecule has 0 saturated carbocycles. The van der Waals surface area contributed by atoms with Crippen LogP contribution in [0.4, 0.5) is 15.8 Å². The van der Waals surface area contributed by atoms with Gasteiger partial charge in [0.15, 0.2) is 0 Å². The number of benzene rings is 3. The monoisotopic (exact) mass is 637 g/mol. The number of nitrogens with zero attached hydrogens (tertiary/aromatic N) is 2. The van der Waals surface area contributed by atoms with Crippen LogP contribution in [0.25, 0.3) is 0 Å². The van der Waals surface area contributed by atoms with E-state index < -0.39 is 34.7 Å². The molecule has 11 heteroatoms. The average Bonchev–Trinajstić information content (AvgIpc) is 3.36. The molecule has 1 fully saturated rings. The summed E-state index contributed by atoms with van der Waals surface area (Å²) in [5, 5.41) is 2.50. The fraction of sp³-hybridized carbons (Fsp3) is 0.172. The summed E-state index contributed by atoms with van der Waals surface area (Å²) in [6.45, 7) is 1.71. The first-order chi connectivity index (χ1) is 19.2. The first-order valence-corrected chi connectivity index (χ1v) is 14.9. The summed E-state index contributed by atoms with van der Waals surface area (Å²) in [5.41, 5.74) is 2.72. The van der Waals surface area contributed by atoms with Crippen molar-refractivity contribution >= 4 is 68.1 Å². The molecule has 202 valence electrons. The molecular formula is C29H21BrFN3O4S2. The van der Waals surface area contributed by atoms with Crippen molar-refractivity contribution in [2.75, 3.05) is 10.2 Å². The van der Waals surface area contributed by atoms with Crippen LogP contribution in [0, 0.1) is 18.7 Å². The van der Waals surface area contributed by atoms with E-state index in [0.29, 0.717) is 15.6 Å². The lowest BCUT2D eigenvalue weighted by molar-refractivity contribution is -0.122. The number of amides is 3. The molecule has 1 N–H and O–H groups in total. The highest BCUT2D eigenvalue weighted by atomic mass is 79.9. The Bertz CT molecular complexity index is 1720. The van der Waals surface area contributed by atoms with Crippen molar-refractivity contribution in [3.63, 3.8) is 0 Å². The van der Waals surface area contributed by atoms with Gasteiger partial charge in [0.1, 0.15) is 17.6 Å². The number of nitrogens with one attached hydrogen (secondary N) is 1. The number of hydrogen-bond donors (Lipinski definition) is 1. The fourth-order valence-corrected chi connectivity index (χ4v) is 8.33. The van der Waals surface area contributed by atoms with Gasteiger partial charge in [0.05, 0.1) is 16.6 Å². The Hall–Kier alpha value is -3.54. The van der Waals surface area contributed by atoms with Crippen molar-refractivity contribution in [3.8, 4) is 0 Å². The van der Waals surface area contributed by atoms with E-state index in [1.54, 1.807) is 12.1 Å². The summed E-state index contributed by atoms with van der Waals surface area (Å²) < 4.78 is 15.8. The summed E-state index contributed by atoms with van der Waals surface area (Å²) in [6.07, 6.45) is 0. The molecule has 0 aliphatic carbocycles. The van der Waals surface area contributed by atoms with Gasteiger partial charge in [-0.2, -0.15) is 0 Å². The van der Waals surface area contributed by atoms with Crippen LogP contribution in [-0.4, -0.2) is 27.5 Å². The number of fused-ring (bicyclic) bond motifs is 2. The second-order valence-electron chi connectivity index (χ2n) is 9.62. The third-order valence-electron chi connectivity index (χ3n) is 6.98. The molecule has 3 atom stereocenters. The van der Waals surface area contributed by atoms with Crippen molar-refractivity contribution < 1.29 is 18.8 Å². The lowest BCUT2D eigenvalue weighted by atomic mass is 9.83. The molecule has 3 aromatic carbocycles. The number of imide groups is 1. The molecule has 0 spiro atoms. The lowest BCUT2D eigenvalue weighted by Gasteiger charge is -2.30. The van der Waals surface area contributed by atoms with Crippen molar-refractivity contribution in [3.05, 3.63) is 109 Å². The highest BCUT2D eigenvalue weighted by Crippen LogP contribution is 2.54. The van der Waals surface area contributed by atoms with Crippen molar-refractivity contribution in [1.82, 2.24) is 4.57 Å². The first-order valence-electron chi connectivity index (χ1n) is 12.4. The van der Waals surface area contributed by atoms with E-state index in [2.05, 4.69) is 21.2 Å². The zero-order valence-electron chi connectivity index (χ0n) is 21.0. The van der Waals surface area contributed by atoms with Crippen LogP contribution in [0.1, 0.15) is 21.9 Å². The molecule has 2 unspecified atom stereocenters. The molecule has 1 saturated heterocycles. The van der Waals surface area contributed by atoms with E-state index >= 15 is 0 Å². The Morgan fingerprint density at radius 2 is 1.73 bits per heavy atom. The first kappa shape index (κ1) is 26.7. The number of halogens is 2. The van der Waals surface area contributed by atoms with Gasteiger partial charge in [-0.25, -0.2) is 9.29 Å². The molecule has 4 aromatic rings. The Morgan fingerprint density at radius 3 is 2.42 bits per heavy atom. The topological polar surface area (TPSA) is 88.5 Å². The molecule has 7 nitrogen and oxygen atoms in total. The number of carbonyl (C=O) groups excluding carboxylic acids is 3. The predicted octanol–water partition coefficient (Wildman–Crippen LogP) is 5.55. The van der Waals surface area contributed by atoms with Crippen molar-refractivity contribution in [1.29, 1.82) is 0 Å². The molecule has 2 aliphatic rings. The smallest absolute Gasteiger partial charge is 0.308 e. The zero-order valence-corrected chi connectivity index (χ0v) is 24.2. The minimum Gasteiger partial charge on any atom is -0.325 e. The molecule has 2 aliphatic heterocycles. The van der Waals surface area contributed by atoms with Gasteiger partial charge in [-0.3, -0.25) is 23.7 Å². The lowest BCUT2D eigenvalue weighted by Crippen LogP contribution is -2.33. The Morgan fingerprint density at radius 1 is 1.00 bits per heavy atom. The number of hydrogen-bond acceptors (Lipinski definition) is 6. The zero-order chi connectivity index (χ0) is 28.1. The molecule has 3 heterocycles. The van der Waals surface area contributed by atoms with Crippen LogP contribution < -0.4 is 15.1 Å². The van der Waals surface area contributed by atoms with Gasteiger partial charge in [-0.05, 0) is 61.0 Å². The number of anilines is 2. The summed E-state index contributed by atoms with van der Waals surface area (Å²) >= 11 is 5.62. The largest absolute Gasteiger partial charge is 0.325 e. The van der Waals surface area contributed by atoms with Gasteiger partial charge in [-0.1, -0.05) is 68.9 Å². The minimum absolute atomic E-state index is 0.238. The van der Waals surface area contributed by atoms with Crippen LogP contribution in [0.3, 0.4) is 0 Å². The third kappa shape index (κ3) is 4.71. The molecular weight excluding hydrogens is 617 g/mol. The maximum atomic E-state index is 13.9. The van der Waals surface area contributed by atoms with Crippen LogP contribution in [0.2, 0.25) is 0 Å². The maximum Gasteiger partial charge on any atom is 0.308 e. The standard InChI is InChI=1S/C29H21BrFN3O4S2/c1-15-5-9-19(10-6-15)32-21(35)14-33-28-25(40-29(33)38)22(16-3-2-4-17(30)13-16)23-24(39-28)27(37)34(26(23)36)20-11-7-18(31)8-12-20/h2-13,22-24H,14H2,1H3,(H,32,35)/t22-,23?,24?/m1/s1. The molecule has 6 rings (SSSR count). The number of aryl methyl sites for hydroxylation is 1. The van der Waals surface area contributed by atoms with Crippen LogP contribution >= 0.6 is 39.0 Å². The van der Waals surface area contributed by atoms with Crippen LogP contribution in [0.5, 0.6) is 0 Å². The second kappa shape index (κ2) is 10.5. The van der Waals surface area contributed by atoms with Gasteiger partial charge in [0.2, 0.25) is 17.7 Å². The molecule has 0 radical (unpaired) electrons. The highest BCUT2D eigenvalue weighted by Gasteiger charge is 2.56. The fourth-order valence-electron chi connectivity index (χ4n) is 5.14. The SMILES string of the molecule is Cc1ccc(NC(=O)Cn2c3c(sc2=O)[C@H](c2cccc(Br)c2)C2C(=O)N(c4ccc(F)cc4)C(=O)C2S3)cc1. The van der Waals surface area contributed by atoms with E-state index in [0.717, 1.165) is 43.6 Å². The second-order valence-corrected chi connectivity index (χ2v) is 12.7. The van der Waals surface area contributed by atoms with Crippen LogP contribution in [0.15, 0.2) is 87.1 Å². The number of aromatic nitrogens is 1. The molecule has 40 heavy (non-hydrogen) atoms. The Balaban J connectivity index is 1.41. The van der Waals surface area contributed by atoms with Gasteiger partial charge in [0, 0.05) is 21.0 Å². The molecule has 1 aromatic heterocycles. The molecule has 3 amide bonds. The van der Waals surface area contributed by atoms with E-state index in [9.17, 15) is 23.6 Å². The summed E-state index contributed by atoms with van der Waals surface area (Å²) in [6, 6.07) is 20.0. The van der Waals surface area contributed by atoms with Gasteiger partial charge < -0.3 is 5.32 Å². The van der Waals surface area contributed by atoms with Crippen molar-refractivity contribution in [2.45, 2.75) is 29.7 Å². The van der Waals surface area contributed by atoms with Crippen LogP contribution in [-0.2, 0) is 20.9 Å². The van der Waals surface area contributed by atoms with Gasteiger partial charge in [-0.15, -0.1) is 0 Å². The summed E-state index contributed by atoms with van der Waals surface area (Å²) in [4.78, 5) is 55.2. The quantitative estimate of drug-likeness (QED) is 0.290. The van der Waals surface area contributed by atoms with E-state index in [-0.39, 0.29) is 23.0 Å². The third-order valence-corrected chi connectivity index (χ3v) is 10.1. The van der Waals surface area contributed by atoms with E-state index in [1.165, 1.54) is 28.8 Å². The predicted molar refractivity (Wildman–Crippen MR) is 156 cm³/mol. The van der Waals surface area contributed by atoms with E-state index in [1.807, 2.05) is 43.3 Å². The van der Waals surface area contributed by atoms with Crippen molar-refractivity contribution in [2.24, 2.45) is 5.92 Å². The Labute approximate surface area is 245 Å². The average molecular weight is 639 g/mol. The normalized spacial score (nSPS) is 19.9. The number of thiazole rings is 1. The van der Waals surface area contributed by atoms with E-state index in [4.69, 9.17) is 0 Å². The minimum atomic E-state index is -0.825. The maximum absolute atomic E-state index is 13.9. The Kier molecular flexibility index (Phi) is 6.97. The van der Waals surface area contributed by atoms with Gasteiger partial charge in [0.25, 0.3) is 0 Å². The summed E-state index contributed by atoms with van der Waals surface area (Å²) in [5.74, 6) is -3.07. The summed E-state index contributed by atoms with van der Waals surface area (Å²) in [7, 11) is 0. The molecule has 0 bridgehead atoms.